The SMILES string of the molecule is O=C([C@@H]1Cc2ccccc2CN1)N1CC(C2C=C(F)C=CC2F)=CC1c1ccccc1. The summed E-state index contributed by atoms with van der Waals surface area (Å²) in [6.45, 7) is 0.936. The minimum absolute atomic E-state index is 0.0131. The summed E-state index contributed by atoms with van der Waals surface area (Å²) in [5, 5.41) is 3.36. The Morgan fingerprint density at radius 1 is 1.00 bits per heavy atom. The molecule has 2 aromatic rings. The number of benzene rings is 2. The maximum atomic E-state index is 14.6. The Balaban J connectivity index is 1.43. The molecule has 1 aliphatic carbocycles. The van der Waals surface area contributed by atoms with Gasteiger partial charge in [-0.15, -0.1) is 0 Å². The van der Waals surface area contributed by atoms with Crippen LogP contribution in [0.3, 0.4) is 0 Å². The van der Waals surface area contributed by atoms with Gasteiger partial charge < -0.3 is 10.2 Å². The van der Waals surface area contributed by atoms with E-state index in [9.17, 15) is 13.6 Å². The molecule has 3 unspecified atom stereocenters. The highest BCUT2D eigenvalue weighted by Crippen LogP contribution is 2.38. The largest absolute Gasteiger partial charge is 0.327 e. The van der Waals surface area contributed by atoms with Crippen molar-refractivity contribution in [3.05, 3.63) is 107 Å². The van der Waals surface area contributed by atoms with Gasteiger partial charge in [-0.05, 0) is 46.9 Å². The number of fused-ring (bicyclic) bond motifs is 1. The smallest absolute Gasteiger partial charge is 0.241 e. The molecule has 2 aromatic carbocycles. The molecule has 0 aromatic heterocycles. The van der Waals surface area contributed by atoms with E-state index >= 15 is 0 Å². The second-order valence-corrected chi connectivity index (χ2v) is 8.35. The van der Waals surface area contributed by atoms with E-state index in [1.807, 2.05) is 48.5 Å². The first-order valence-electron chi connectivity index (χ1n) is 10.7. The lowest BCUT2D eigenvalue weighted by atomic mass is 9.90. The maximum absolute atomic E-state index is 14.6. The fraction of sp³-hybridized carbons (Fsp3) is 0.269. The Labute approximate surface area is 180 Å². The standard InChI is InChI=1S/C26H24F2N2O/c27-21-10-11-23(28)22(14-21)20-13-25(17-6-2-1-3-7-17)30(16-20)26(31)24-12-18-8-4-5-9-19(18)15-29-24/h1-11,13-14,22-25,29H,12,15-16H2/t22?,23?,24-,25?/m0/s1. The average Bonchev–Trinajstić information content (AvgIpc) is 3.25. The van der Waals surface area contributed by atoms with Crippen LogP contribution in [0.25, 0.3) is 0 Å². The lowest BCUT2D eigenvalue weighted by Crippen LogP contribution is -2.49. The molecular weight excluding hydrogens is 394 g/mol. The lowest BCUT2D eigenvalue weighted by Gasteiger charge is -2.32. The molecule has 3 aliphatic rings. The average molecular weight is 418 g/mol. The monoisotopic (exact) mass is 418 g/mol. The summed E-state index contributed by atoms with van der Waals surface area (Å²) in [6.07, 6.45) is 5.00. The van der Waals surface area contributed by atoms with Crippen LogP contribution in [0.5, 0.6) is 0 Å². The van der Waals surface area contributed by atoms with E-state index in [0.717, 1.165) is 17.2 Å². The number of amides is 1. The summed E-state index contributed by atoms with van der Waals surface area (Å²) in [7, 11) is 0. The first-order valence-corrected chi connectivity index (χ1v) is 10.7. The predicted octanol–water partition coefficient (Wildman–Crippen LogP) is 4.59. The van der Waals surface area contributed by atoms with Crippen LogP contribution in [-0.4, -0.2) is 29.6 Å². The van der Waals surface area contributed by atoms with Crippen LogP contribution in [0, 0.1) is 5.92 Å². The van der Waals surface area contributed by atoms with E-state index in [2.05, 4.69) is 17.4 Å². The molecule has 2 heterocycles. The maximum Gasteiger partial charge on any atom is 0.241 e. The van der Waals surface area contributed by atoms with E-state index in [0.29, 0.717) is 19.5 Å². The summed E-state index contributed by atoms with van der Waals surface area (Å²) in [6, 6.07) is 17.2. The predicted molar refractivity (Wildman–Crippen MR) is 116 cm³/mol. The second kappa shape index (κ2) is 8.23. The van der Waals surface area contributed by atoms with Crippen LogP contribution in [0.2, 0.25) is 0 Å². The van der Waals surface area contributed by atoms with Crippen molar-refractivity contribution in [2.45, 2.75) is 31.2 Å². The van der Waals surface area contributed by atoms with E-state index in [-0.39, 0.29) is 18.0 Å². The third-order valence-corrected chi connectivity index (χ3v) is 6.41. The van der Waals surface area contributed by atoms with Gasteiger partial charge >= 0.3 is 0 Å². The number of nitrogens with zero attached hydrogens (tertiary/aromatic N) is 1. The number of carbonyl (C=O) groups excluding carboxylic acids is 1. The summed E-state index contributed by atoms with van der Waals surface area (Å²) >= 11 is 0. The number of allylic oxidation sites excluding steroid dienone is 4. The molecule has 1 N–H and O–H groups in total. The van der Waals surface area contributed by atoms with Gasteiger partial charge in [0.2, 0.25) is 5.91 Å². The third-order valence-electron chi connectivity index (χ3n) is 6.41. The van der Waals surface area contributed by atoms with Gasteiger partial charge in [-0.2, -0.15) is 0 Å². The first kappa shape index (κ1) is 19.9. The van der Waals surface area contributed by atoms with Gasteiger partial charge in [-0.1, -0.05) is 60.7 Å². The van der Waals surface area contributed by atoms with E-state index in [4.69, 9.17) is 0 Å². The number of rotatable bonds is 3. The zero-order valence-electron chi connectivity index (χ0n) is 17.0. The Hall–Kier alpha value is -3.05. The number of hydrogen-bond donors (Lipinski definition) is 1. The van der Waals surface area contributed by atoms with Crippen molar-refractivity contribution in [2.75, 3.05) is 6.54 Å². The highest BCUT2D eigenvalue weighted by molar-refractivity contribution is 5.84. The fourth-order valence-electron chi connectivity index (χ4n) is 4.76. The van der Waals surface area contributed by atoms with Crippen LogP contribution < -0.4 is 5.32 Å². The van der Waals surface area contributed by atoms with Crippen molar-refractivity contribution >= 4 is 5.91 Å². The third kappa shape index (κ3) is 3.86. The van der Waals surface area contributed by atoms with Crippen molar-refractivity contribution in [3.63, 3.8) is 0 Å². The first-order chi connectivity index (χ1) is 15.1. The Kier molecular flexibility index (Phi) is 5.28. The van der Waals surface area contributed by atoms with Gasteiger partial charge in [0.15, 0.2) is 0 Å². The molecule has 2 aliphatic heterocycles. The quantitative estimate of drug-likeness (QED) is 0.740. The van der Waals surface area contributed by atoms with Crippen molar-refractivity contribution in [3.8, 4) is 0 Å². The molecule has 0 radical (unpaired) electrons. The Morgan fingerprint density at radius 2 is 1.74 bits per heavy atom. The Bertz CT molecular complexity index is 1080. The van der Waals surface area contributed by atoms with Crippen molar-refractivity contribution in [1.82, 2.24) is 10.2 Å². The number of nitrogens with one attached hydrogen (secondary N) is 1. The van der Waals surface area contributed by atoms with Gasteiger partial charge in [0.25, 0.3) is 0 Å². The lowest BCUT2D eigenvalue weighted by molar-refractivity contribution is -0.134. The van der Waals surface area contributed by atoms with Gasteiger partial charge in [0.1, 0.15) is 12.0 Å². The number of hydrogen-bond acceptors (Lipinski definition) is 2. The zero-order chi connectivity index (χ0) is 21.4. The molecule has 0 fully saturated rings. The normalized spacial score (nSPS) is 27.5. The van der Waals surface area contributed by atoms with Gasteiger partial charge in [0.05, 0.1) is 12.1 Å². The number of alkyl halides is 1. The second-order valence-electron chi connectivity index (χ2n) is 8.35. The number of halogens is 2. The van der Waals surface area contributed by atoms with Crippen LogP contribution in [0.15, 0.2) is 90.3 Å². The van der Waals surface area contributed by atoms with E-state index in [1.165, 1.54) is 23.3 Å². The van der Waals surface area contributed by atoms with Gasteiger partial charge in [-0.3, -0.25) is 4.79 Å². The van der Waals surface area contributed by atoms with E-state index < -0.39 is 17.9 Å². The van der Waals surface area contributed by atoms with Crippen LogP contribution in [0.1, 0.15) is 22.7 Å². The minimum atomic E-state index is -1.29. The molecule has 0 bridgehead atoms. The molecule has 4 atom stereocenters. The molecule has 0 saturated heterocycles. The molecule has 5 rings (SSSR count). The molecule has 158 valence electrons. The van der Waals surface area contributed by atoms with Crippen molar-refractivity contribution in [2.24, 2.45) is 5.92 Å². The van der Waals surface area contributed by atoms with Crippen LogP contribution in [-0.2, 0) is 17.8 Å². The molecule has 3 nitrogen and oxygen atoms in total. The molecule has 0 saturated carbocycles. The fourth-order valence-corrected chi connectivity index (χ4v) is 4.76. The molecule has 0 spiro atoms. The van der Waals surface area contributed by atoms with Crippen molar-refractivity contribution in [1.29, 1.82) is 0 Å². The minimum Gasteiger partial charge on any atom is -0.327 e. The summed E-state index contributed by atoms with van der Waals surface area (Å²) in [4.78, 5) is 15.4. The summed E-state index contributed by atoms with van der Waals surface area (Å²) in [5.41, 5.74) is 4.09. The highest BCUT2D eigenvalue weighted by atomic mass is 19.1. The van der Waals surface area contributed by atoms with Gasteiger partial charge in [-0.25, -0.2) is 8.78 Å². The van der Waals surface area contributed by atoms with Crippen LogP contribution >= 0.6 is 0 Å². The molecule has 31 heavy (non-hydrogen) atoms. The molecular formula is C26H24F2N2O. The highest BCUT2D eigenvalue weighted by Gasteiger charge is 2.38. The number of carbonyl (C=O) groups is 1. The Morgan fingerprint density at radius 3 is 2.55 bits per heavy atom. The summed E-state index contributed by atoms with van der Waals surface area (Å²) in [5.74, 6) is -1.14. The van der Waals surface area contributed by atoms with Crippen molar-refractivity contribution < 1.29 is 13.6 Å². The van der Waals surface area contributed by atoms with Gasteiger partial charge in [0, 0.05) is 19.0 Å². The topological polar surface area (TPSA) is 32.3 Å². The van der Waals surface area contributed by atoms with E-state index in [1.54, 1.807) is 4.90 Å². The molecule has 5 heteroatoms. The molecule has 1 amide bonds. The summed E-state index contributed by atoms with van der Waals surface area (Å²) < 4.78 is 28.5. The van der Waals surface area contributed by atoms with Crippen LogP contribution in [0.4, 0.5) is 8.78 Å². The zero-order valence-corrected chi connectivity index (χ0v) is 17.0.